The van der Waals surface area contributed by atoms with Gasteiger partial charge < -0.3 is 15.4 Å². The first-order valence-electron chi connectivity index (χ1n) is 6.63. The van der Waals surface area contributed by atoms with E-state index in [0.29, 0.717) is 24.4 Å². The van der Waals surface area contributed by atoms with Crippen molar-refractivity contribution in [3.05, 3.63) is 23.8 Å². The molecule has 0 bridgehead atoms. The zero-order valence-corrected chi connectivity index (χ0v) is 12.5. The van der Waals surface area contributed by atoms with E-state index in [0.717, 1.165) is 5.56 Å². The van der Waals surface area contributed by atoms with Crippen LogP contribution in [0.25, 0.3) is 0 Å². The van der Waals surface area contributed by atoms with E-state index >= 15 is 0 Å². The van der Waals surface area contributed by atoms with Crippen molar-refractivity contribution in [2.75, 3.05) is 19.0 Å². The lowest BCUT2D eigenvalue weighted by molar-refractivity contribution is -0.124. The van der Waals surface area contributed by atoms with Gasteiger partial charge in [0.05, 0.1) is 19.2 Å². The SMILES string of the molecule is COc1ccc(CCNC(C)=O)cc1NC(=O)CC(C)=O. The molecule has 0 unspecified atom stereocenters. The smallest absolute Gasteiger partial charge is 0.231 e. The second-order valence-electron chi connectivity index (χ2n) is 4.69. The lowest BCUT2D eigenvalue weighted by Gasteiger charge is -2.12. The molecule has 21 heavy (non-hydrogen) atoms. The van der Waals surface area contributed by atoms with Crippen molar-refractivity contribution in [1.82, 2.24) is 5.32 Å². The predicted octanol–water partition coefficient (Wildman–Crippen LogP) is 1.29. The van der Waals surface area contributed by atoms with Gasteiger partial charge in [0, 0.05) is 13.5 Å². The molecule has 6 heteroatoms. The van der Waals surface area contributed by atoms with E-state index in [2.05, 4.69) is 10.6 Å². The van der Waals surface area contributed by atoms with Crippen LogP contribution in [0.3, 0.4) is 0 Å². The molecule has 1 rings (SSSR count). The fourth-order valence-corrected chi connectivity index (χ4v) is 1.81. The molecule has 6 nitrogen and oxygen atoms in total. The third-order valence-electron chi connectivity index (χ3n) is 2.74. The molecule has 2 N–H and O–H groups in total. The molecule has 0 saturated heterocycles. The number of amides is 2. The first kappa shape index (κ1) is 16.7. The highest BCUT2D eigenvalue weighted by molar-refractivity contribution is 6.04. The standard InChI is InChI=1S/C15H20N2O4/c1-10(18)8-15(20)17-13-9-12(4-5-14(13)21-3)6-7-16-11(2)19/h4-5,9H,6-8H2,1-3H3,(H,16,19)(H,17,20). The summed E-state index contributed by atoms with van der Waals surface area (Å²) in [6.45, 7) is 3.34. The van der Waals surface area contributed by atoms with Gasteiger partial charge in [-0.2, -0.15) is 0 Å². The van der Waals surface area contributed by atoms with Crippen LogP contribution in [-0.2, 0) is 20.8 Å². The fraction of sp³-hybridized carbons (Fsp3) is 0.400. The largest absolute Gasteiger partial charge is 0.495 e. The van der Waals surface area contributed by atoms with Crippen LogP contribution in [0.15, 0.2) is 18.2 Å². The molecule has 0 aliphatic carbocycles. The van der Waals surface area contributed by atoms with Crippen molar-refractivity contribution in [2.24, 2.45) is 0 Å². The van der Waals surface area contributed by atoms with Crippen molar-refractivity contribution >= 4 is 23.3 Å². The van der Waals surface area contributed by atoms with E-state index in [1.54, 1.807) is 12.1 Å². The van der Waals surface area contributed by atoms with Gasteiger partial charge in [0.15, 0.2) is 0 Å². The van der Waals surface area contributed by atoms with Gasteiger partial charge in [0.25, 0.3) is 0 Å². The number of ether oxygens (including phenoxy) is 1. The Bertz CT molecular complexity index is 540. The van der Waals surface area contributed by atoms with E-state index in [1.807, 2.05) is 6.07 Å². The molecule has 0 spiro atoms. The van der Waals surface area contributed by atoms with Crippen LogP contribution in [0.2, 0.25) is 0 Å². The first-order chi connectivity index (χ1) is 9.92. The number of hydrogen-bond donors (Lipinski definition) is 2. The molecule has 1 aromatic rings. The molecule has 0 heterocycles. The quantitative estimate of drug-likeness (QED) is 0.742. The molecule has 0 radical (unpaired) electrons. The summed E-state index contributed by atoms with van der Waals surface area (Å²) in [6.07, 6.45) is 0.471. The summed E-state index contributed by atoms with van der Waals surface area (Å²) in [6, 6.07) is 5.38. The number of carbonyl (C=O) groups excluding carboxylic acids is 3. The third-order valence-corrected chi connectivity index (χ3v) is 2.74. The fourth-order valence-electron chi connectivity index (χ4n) is 1.81. The maximum absolute atomic E-state index is 11.7. The molecule has 114 valence electrons. The normalized spacial score (nSPS) is 9.86. The molecule has 0 saturated carbocycles. The average molecular weight is 292 g/mol. The van der Waals surface area contributed by atoms with E-state index in [-0.39, 0.29) is 24.0 Å². The number of hydrogen-bond acceptors (Lipinski definition) is 4. The molecular weight excluding hydrogens is 272 g/mol. The number of methoxy groups -OCH3 is 1. The lowest BCUT2D eigenvalue weighted by atomic mass is 10.1. The number of rotatable bonds is 7. The summed E-state index contributed by atoms with van der Waals surface area (Å²) in [5.74, 6) is -0.137. The third kappa shape index (κ3) is 6.07. The topological polar surface area (TPSA) is 84.5 Å². The van der Waals surface area contributed by atoms with Crippen molar-refractivity contribution in [3.63, 3.8) is 0 Å². The Hall–Kier alpha value is -2.37. The molecule has 0 aliphatic rings. The summed E-state index contributed by atoms with van der Waals surface area (Å²) in [4.78, 5) is 33.4. The van der Waals surface area contributed by atoms with Crippen LogP contribution in [0.1, 0.15) is 25.8 Å². The average Bonchev–Trinajstić information content (AvgIpc) is 2.37. The minimum absolute atomic E-state index is 0.0847. The summed E-state index contributed by atoms with van der Waals surface area (Å²) in [5.41, 5.74) is 1.46. The van der Waals surface area contributed by atoms with Gasteiger partial charge >= 0.3 is 0 Å². The van der Waals surface area contributed by atoms with Crippen molar-refractivity contribution < 1.29 is 19.1 Å². The van der Waals surface area contributed by atoms with E-state index in [1.165, 1.54) is 21.0 Å². The second-order valence-corrected chi connectivity index (χ2v) is 4.69. The molecule has 0 atom stereocenters. The van der Waals surface area contributed by atoms with Crippen LogP contribution in [0.5, 0.6) is 5.75 Å². The molecule has 1 aromatic carbocycles. The molecule has 2 amide bonds. The summed E-state index contributed by atoms with van der Waals surface area (Å²) < 4.78 is 5.18. The Morgan fingerprint density at radius 2 is 1.90 bits per heavy atom. The van der Waals surface area contributed by atoms with Gasteiger partial charge in [-0.15, -0.1) is 0 Å². The van der Waals surface area contributed by atoms with Crippen LogP contribution in [-0.4, -0.2) is 31.3 Å². The zero-order valence-electron chi connectivity index (χ0n) is 12.5. The van der Waals surface area contributed by atoms with Gasteiger partial charge in [-0.25, -0.2) is 0 Å². The highest BCUT2D eigenvalue weighted by atomic mass is 16.5. The van der Waals surface area contributed by atoms with Crippen LogP contribution in [0.4, 0.5) is 5.69 Å². The Morgan fingerprint density at radius 3 is 2.48 bits per heavy atom. The van der Waals surface area contributed by atoms with E-state index in [9.17, 15) is 14.4 Å². The highest BCUT2D eigenvalue weighted by Gasteiger charge is 2.10. The van der Waals surface area contributed by atoms with Crippen LogP contribution < -0.4 is 15.4 Å². The maximum Gasteiger partial charge on any atom is 0.231 e. The summed E-state index contributed by atoms with van der Waals surface area (Å²) >= 11 is 0. The van der Waals surface area contributed by atoms with Gasteiger partial charge in [0.2, 0.25) is 11.8 Å². The van der Waals surface area contributed by atoms with Gasteiger partial charge in [0.1, 0.15) is 11.5 Å². The molecule has 0 fully saturated rings. The second kappa shape index (κ2) is 8.04. The minimum atomic E-state index is -0.375. The van der Waals surface area contributed by atoms with Crippen LogP contribution >= 0.6 is 0 Å². The summed E-state index contributed by atoms with van der Waals surface area (Å²) in [7, 11) is 1.51. The van der Waals surface area contributed by atoms with Crippen molar-refractivity contribution in [1.29, 1.82) is 0 Å². The number of carbonyl (C=O) groups is 3. The molecular formula is C15H20N2O4. The summed E-state index contributed by atoms with van der Waals surface area (Å²) in [5, 5.41) is 5.37. The number of benzene rings is 1. The van der Waals surface area contributed by atoms with Gasteiger partial charge in [-0.05, 0) is 31.0 Å². The molecule has 0 aliphatic heterocycles. The number of ketones is 1. The number of anilines is 1. The molecule has 0 aromatic heterocycles. The Morgan fingerprint density at radius 1 is 1.19 bits per heavy atom. The Balaban J connectivity index is 2.77. The van der Waals surface area contributed by atoms with Gasteiger partial charge in [-0.1, -0.05) is 6.07 Å². The lowest BCUT2D eigenvalue weighted by Crippen LogP contribution is -2.22. The number of Topliss-reactive ketones (excluding diaryl/α,β-unsaturated/α-hetero) is 1. The monoisotopic (exact) mass is 292 g/mol. The van der Waals surface area contributed by atoms with Crippen molar-refractivity contribution in [3.8, 4) is 5.75 Å². The Kier molecular flexibility index (Phi) is 6.39. The predicted molar refractivity (Wildman–Crippen MR) is 79.3 cm³/mol. The zero-order chi connectivity index (χ0) is 15.8. The Labute approximate surface area is 123 Å². The highest BCUT2D eigenvalue weighted by Crippen LogP contribution is 2.25. The number of nitrogens with one attached hydrogen (secondary N) is 2. The first-order valence-corrected chi connectivity index (χ1v) is 6.63. The van der Waals surface area contributed by atoms with E-state index < -0.39 is 0 Å². The van der Waals surface area contributed by atoms with E-state index in [4.69, 9.17) is 4.74 Å². The maximum atomic E-state index is 11.7. The van der Waals surface area contributed by atoms with Crippen molar-refractivity contribution in [2.45, 2.75) is 26.7 Å². The van der Waals surface area contributed by atoms with Crippen LogP contribution in [0, 0.1) is 0 Å². The minimum Gasteiger partial charge on any atom is -0.495 e. The van der Waals surface area contributed by atoms with Gasteiger partial charge in [-0.3, -0.25) is 14.4 Å².